The maximum absolute atomic E-state index is 7.75. The third-order valence-corrected chi connectivity index (χ3v) is 0.867. The van der Waals surface area contributed by atoms with Gasteiger partial charge in [0.25, 0.3) is 0 Å². The molecule has 0 saturated carbocycles. The van der Waals surface area contributed by atoms with Crippen LogP contribution in [0.5, 0.6) is 0 Å². The van der Waals surface area contributed by atoms with Gasteiger partial charge in [0.1, 0.15) is 0 Å². The molecule has 0 aromatic heterocycles. The van der Waals surface area contributed by atoms with Gasteiger partial charge in [-0.15, -0.1) is 6.42 Å². The molecule has 1 aliphatic carbocycles. The van der Waals surface area contributed by atoms with Crippen molar-refractivity contribution in [2.24, 2.45) is 0 Å². The topological polar surface area (TPSA) is 51.2 Å². The maximum atomic E-state index is 7.75. The van der Waals surface area contributed by atoms with Crippen LogP contribution in [0.25, 0.3) is 0 Å². The van der Waals surface area contributed by atoms with Crippen molar-refractivity contribution in [2.75, 3.05) is 0 Å². The Labute approximate surface area is 101 Å². The van der Waals surface area contributed by atoms with Gasteiger partial charge in [-0.25, -0.2) is 11.6 Å². The molecule has 0 heterocycles. The van der Waals surface area contributed by atoms with Crippen LogP contribution in [-0.4, -0.2) is 20.4 Å². The Kier molecular flexibility index (Phi) is 83.2. The zero-order valence-electron chi connectivity index (χ0n) is 8.23. The summed E-state index contributed by atoms with van der Waals surface area (Å²) in [7, 11) is 0. The minimum Gasteiger partial charge on any atom is -0.545 e. The average Bonchev–Trinajstić information content (AvgIpc) is 2.66. The Balaban J connectivity index is -0.0000000300. The first-order chi connectivity index (χ1) is 5.89. The standard InChI is InChI=1S/C6H7.3CHO.CH3.W/c1-6-4-2-3-5-6;3*1-2;;/h2,4H,3H2,1H3;3*1H;1H3;/q5*-1;. The van der Waals surface area contributed by atoms with Crippen molar-refractivity contribution in [1.82, 2.24) is 0 Å². The summed E-state index contributed by atoms with van der Waals surface area (Å²) in [6.45, 7) is 11.8. The molecule has 1 aliphatic rings. The van der Waals surface area contributed by atoms with Crippen molar-refractivity contribution in [3.8, 4) is 0 Å². The number of rotatable bonds is 0. The van der Waals surface area contributed by atoms with Crippen molar-refractivity contribution in [1.29, 1.82) is 0 Å². The van der Waals surface area contributed by atoms with Gasteiger partial charge in [-0.1, -0.05) is 6.92 Å². The second-order valence-corrected chi connectivity index (χ2v) is 1.47. The molecule has 14 heavy (non-hydrogen) atoms. The van der Waals surface area contributed by atoms with Gasteiger partial charge in [0, 0.05) is 21.1 Å². The molecule has 0 aromatic rings. The van der Waals surface area contributed by atoms with Crippen molar-refractivity contribution in [3.05, 3.63) is 31.2 Å². The van der Waals surface area contributed by atoms with Crippen molar-refractivity contribution < 1.29 is 35.4 Å². The minimum absolute atomic E-state index is 0. The third kappa shape index (κ3) is 30.3. The van der Waals surface area contributed by atoms with Gasteiger partial charge in [0.15, 0.2) is 0 Å². The van der Waals surface area contributed by atoms with Crippen molar-refractivity contribution >= 4 is 20.4 Å². The molecule has 0 radical (unpaired) electrons. The van der Waals surface area contributed by atoms with E-state index in [2.05, 4.69) is 45.5 Å². The van der Waals surface area contributed by atoms with E-state index in [1.807, 2.05) is 0 Å². The van der Waals surface area contributed by atoms with E-state index in [0.29, 0.717) is 0 Å². The number of allylic oxidation sites excluding steroid dienone is 4. The van der Waals surface area contributed by atoms with E-state index in [0.717, 1.165) is 6.42 Å². The van der Waals surface area contributed by atoms with Crippen molar-refractivity contribution in [3.63, 3.8) is 0 Å². The first-order valence-corrected chi connectivity index (χ1v) is 2.84. The second-order valence-electron chi connectivity index (χ2n) is 1.47. The first kappa shape index (κ1) is 29.2. The van der Waals surface area contributed by atoms with Crippen LogP contribution in [0.3, 0.4) is 0 Å². The summed E-state index contributed by atoms with van der Waals surface area (Å²) < 4.78 is 0. The van der Waals surface area contributed by atoms with Crippen LogP contribution in [0.2, 0.25) is 0 Å². The summed E-state index contributed by atoms with van der Waals surface area (Å²) in [6, 6.07) is 0. The van der Waals surface area contributed by atoms with Gasteiger partial charge in [-0.05, 0) is 0 Å². The summed E-state index contributed by atoms with van der Waals surface area (Å²) in [6.07, 6.45) is 8.33. The minimum atomic E-state index is 0. The molecule has 0 aliphatic heterocycles. The van der Waals surface area contributed by atoms with E-state index in [9.17, 15) is 0 Å². The molecule has 0 amide bonds. The fourth-order valence-electron chi connectivity index (χ4n) is 0.515. The molecule has 0 N–H and O–H groups in total. The smallest absolute Gasteiger partial charge is 0 e. The summed E-state index contributed by atoms with van der Waals surface area (Å²) in [4.78, 5) is 23.2. The molecule has 3 nitrogen and oxygen atoms in total. The average molecular weight is 365 g/mol. The van der Waals surface area contributed by atoms with Crippen LogP contribution in [0.15, 0.2) is 17.7 Å². The first-order valence-electron chi connectivity index (χ1n) is 2.84. The van der Waals surface area contributed by atoms with E-state index in [4.69, 9.17) is 14.4 Å². The number of carbonyl (C=O) groups excluding carboxylic acids is 3. The Hall–Kier alpha value is -0.822. The Bertz CT molecular complexity index is 137. The van der Waals surface area contributed by atoms with Gasteiger partial charge < -0.3 is 21.8 Å². The van der Waals surface area contributed by atoms with Crippen LogP contribution in [0.1, 0.15) is 13.3 Å². The van der Waals surface area contributed by atoms with Gasteiger partial charge in [0.2, 0.25) is 0 Å². The number of hydrogen-bond donors (Lipinski definition) is 0. The molecule has 82 valence electrons. The molecular formula is C10H13O3W-5. The van der Waals surface area contributed by atoms with Crippen LogP contribution >= 0.6 is 0 Å². The van der Waals surface area contributed by atoms with Crippen LogP contribution < -0.4 is 0 Å². The largest absolute Gasteiger partial charge is 0.545 e. The van der Waals surface area contributed by atoms with E-state index in [1.54, 1.807) is 0 Å². The van der Waals surface area contributed by atoms with Gasteiger partial charge in [-0.3, -0.25) is 26.4 Å². The summed E-state index contributed by atoms with van der Waals surface area (Å²) in [5.74, 6) is 0. The van der Waals surface area contributed by atoms with Crippen LogP contribution in [-0.2, 0) is 35.4 Å². The summed E-state index contributed by atoms with van der Waals surface area (Å²) in [5.41, 5.74) is 1.27. The molecule has 0 aromatic carbocycles. The van der Waals surface area contributed by atoms with Crippen LogP contribution in [0.4, 0.5) is 0 Å². The molecule has 1 rings (SSSR count). The zero-order valence-corrected chi connectivity index (χ0v) is 11.2. The predicted octanol–water partition coefficient (Wildman–Crippen LogP) is 1.32. The Morgan fingerprint density at radius 1 is 1.14 bits per heavy atom. The van der Waals surface area contributed by atoms with E-state index >= 15 is 0 Å². The molecule has 4 heteroatoms. The maximum Gasteiger partial charge on any atom is 0 e. The Morgan fingerprint density at radius 2 is 1.50 bits per heavy atom. The molecule has 0 spiro atoms. The fraction of sp³-hybridized carbons (Fsp3) is 0.200. The SMILES string of the molecule is CC1=[C-]CC=C1.[CH-]=O.[CH-]=O.[CH-]=O.[CH3-].[W]. The molecule has 0 saturated heterocycles. The van der Waals surface area contributed by atoms with E-state index in [1.165, 1.54) is 5.57 Å². The molecule has 0 fully saturated rings. The third-order valence-electron chi connectivity index (χ3n) is 0.867. The molecule has 0 unspecified atom stereocenters. The predicted molar refractivity (Wildman–Crippen MR) is 52.9 cm³/mol. The van der Waals surface area contributed by atoms with Gasteiger partial charge in [-0.2, -0.15) is 6.08 Å². The Morgan fingerprint density at radius 3 is 1.57 bits per heavy atom. The normalized spacial score (nSPS) is 8.79. The monoisotopic (exact) mass is 365 g/mol. The fourth-order valence-corrected chi connectivity index (χ4v) is 0.515. The summed E-state index contributed by atoms with van der Waals surface area (Å²) in [5, 5.41) is 0. The number of hydrogen-bond acceptors (Lipinski definition) is 3. The molecular weight excluding hydrogens is 352 g/mol. The quantitative estimate of drug-likeness (QED) is 0.481. The van der Waals surface area contributed by atoms with E-state index in [-0.39, 0.29) is 28.5 Å². The van der Waals surface area contributed by atoms with Gasteiger partial charge in [0.05, 0.1) is 0 Å². The second kappa shape index (κ2) is 39.9. The van der Waals surface area contributed by atoms with Crippen molar-refractivity contribution in [2.45, 2.75) is 13.3 Å². The molecule has 0 atom stereocenters. The van der Waals surface area contributed by atoms with E-state index < -0.39 is 0 Å². The molecule has 0 bridgehead atoms. The van der Waals surface area contributed by atoms with Gasteiger partial charge >= 0.3 is 0 Å². The zero-order chi connectivity index (χ0) is 10.4. The van der Waals surface area contributed by atoms with Crippen LogP contribution in [0, 0.1) is 13.5 Å². The summed E-state index contributed by atoms with van der Waals surface area (Å²) >= 11 is 0.